The number of benzene rings is 1. The van der Waals surface area contributed by atoms with Crippen LogP contribution in [-0.2, 0) is 18.4 Å². The zero-order valence-corrected chi connectivity index (χ0v) is 13.6. The molecule has 0 aliphatic heterocycles. The fourth-order valence-electron chi connectivity index (χ4n) is 2.23. The van der Waals surface area contributed by atoms with Gasteiger partial charge >= 0.3 is 0 Å². The molecule has 0 saturated heterocycles. The van der Waals surface area contributed by atoms with E-state index in [-0.39, 0.29) is 24.1 Å². The van der Waals surface area contributed by atoms with Crippen molar-refractivity contribution in [2.45, 2.75) is 12.6 Å². The Morgan fingerprint density at radius 2 is 2.23 bits per heavy atom. The molecule has 0 fully saturated rings. The zero-order valence-electron chi connectivity index (χ0n) is 12.8. The van der Waals surface area contributed by atoms with Crippen molar-refractivity contribution in [3.05, 3.63) is 53.6 Å². The van der Waals surface area contributed by atoms with Crippen LogP contribution in [0.4, 0.5) is 4.39 Å². The zero-order chi connectivity index (χ0) is 15.4. The highest BCUT2D eigenvalue weighted by Crippen LogP contribution is 2.16. The molecule has 1 atom stereocenters. The second-order valence-electron chi connectivity index (χ2n) is 4.99. The van der Waals surface area contributed by atoms with E-state index in [2.05, 4.69) is 10.4 Å². The lowest BCUT2D eigenvalue weighted by molar-refractivity contribution is -0.132. The molecule has 1 amide bonds. The fraction of sp³-hybridized carbons (Fsp3) is 0.333. The number of halogens is 2. The van der Waals surface area contributed by atoms with Gasteiger partial charge in [-0.1, -0.05) is 12.1 Å². The van der Waals surface area contributed by atoms with Crippen LogP contribution in [0.25, 0.3) is 0 Å². The van der Waals surface area contributed by atoms with E-state index in [1.165, 1.54) is 12.1 Å². The molecule has 0 aliphatic carbocycles. The van der Waals surface area contributed by atoms with Gasteiger partial charge in [-0.25, -0.2) is 4.39 Å². The summed E-state index contributed by atoms with van der Waals surface area (Å²) in [5, 5.41) is 7.07. The minimum absolute atomic E-state index is 0. The third-order valence-corrected chi connectivity index (χ3v) is 3.28. The fourth-order valence-corrected chi connectivity index (χ4v) is 2.23. The van der Waals surface area contributed by atoms with Crippen LogP contribution < -0.4 is 5.32 Å². The highest BCUT2D eigenvalue weighted by Gasteiger charge is 2.23. The number of rotatable bonds is 5. The number of carbonyl (C=O) groups is 1. The van der Waals surface area contributed by atoms with Crippen molar-refractivity contribution in [2.24, 2.45) is 7.05 Å². The molecular formula is C15H20ClFN4O. The van der Waals surface area contributed by atoms with Gasteiger partial charge < -0.3 is 10.2 Å². The Kier molecular flexibility index (Phi) is 6.52. The van der Waals surface area contributed by atoms with Crippen LogP contribution in [-0.4, -0.2) is 34.7 Å². The Morgan fingerprint density at radius 1 is 1.50 bits per heavy atom. The van der Waals surface area contributed by atoms with Crippen LogP contribution in [0.2, 0.25) is 0 Å². The number of hydrogen-bond donors (Lipinski definition) is 1. The van der Waals surface area contributed by atoms with Crippen LogP contribution in [0.5, 0.6) is 0 Å². The minimum Gasteiger partial charge on any atom is -0.340 e. The number of aryl methyl sites for hydroxylation is 1. The molecule has 1 aromatic heterocycles. The van der Waals surface area contributed by atoms with Gasteiger partial charge in [-0.3, -0.25) is 9.48 Å². The van der Waals surface area contributed by atoms with Crippen molar-refractivity contribution in [3.8, 4) is 0 Å². The molecule has 2 rings (SSSR count). The summed E-state index contributed by atoms with van der Waals surface area (Å²) in [6, 6.07) is 5.79. The van der Waals surface area contributed by atoms with E-state index in [0.717, 1.165) is 11.1 Å². The molecule has 0 aliphatic rings. The second-order valence-corrected chi connectivity index (χ2v) is 4.99. The predicted molar refractivity (Wildman–Crippen MR) is 85.1 cm³/mol. The van der Waals surface area contributed by atoms with Crippen molar-refractivity contribution in [2.75, 3.05) is 14.1 Å². The molecule has 1 unspecified atom stereocenters. The second kappa shape index (κ2) is 7.91. The molecule has 120 valence electrons. The van der Waals surface area contributed by atoms with E-state index in [1.54, 1.807) is 55.3 Å². The van der Waals surface area contributed by atoms with Gasteiger partial charge in [0.2, 0.25) is 5.91 Å². The van der Waals surface area contributed by atoms with Crippen LogP contribution >= 0.6 is 12.4 Å². The number of likely N-dealkylation sites (N-methyl/N-ethyl adjacent to an activating group) is 2. The van der Waals surface area contributed by atoms with Crippen molar-refractivity contribution in [1.82, 2.24) is 20.0 Å². The van der Waals surface area contributed by atoms with Crippen LogP contribution in [0, 0.1) is 5.82 Å². The smallest absolute Gasteiger partial charge is 0.244 e. The first kappa shape index (κ1) is 18.1. The lowest BCUT2D eigenvalue weighted by Gasteiger charge is -2.23. The summed E-state index contributed by atoms with van der Waals surface area (Å²) >= 11 is 0. The Hall–Kier alpha value is -1.92. The van der Waals surface area contributed by atoms with Crippen molar-refractivity contribution < 1.29 is 9.18 Å². The standard InChI is InChI=1S/C15H19FN4O.ClH/c1-17-14(12-8-18-20(3)10-12)15(21)19(2)9-11-5-4-6-13(16)7-11;/h4-8,10,14,17H,9H2,1-3H3;1H. The molecule has 0 radical (unpaired) electrons. The summed E-state index contributed by atoms with van der Waals surface area (Å²) in [6.07, 6.45) is 3.46. The van der Waals surface area contributed by atoms with Gasteiger partial charge in [-0.2, -0.15) is 5.10 Å². The average molecular weight is 327 g/mol. The van der Waals surface area contributed by atoms with E-state index in [4.69, 9.17) is 0 Å². The predicted octanol–water partition coefficient (Wildman–Crippen LogP) is 1.90. The van der Waals surface area contributed by atoms with Crippen LogP contribution in [0.1, 0.15) is 17.2 Å². The van der Waals surface area contributed by atoms with Gasteiger partial charge in [0.05, 0.1) is 6.20 Å². The number of nitrogens with one attached hydrogen (secondary N) is 1. The Balaban J connectivity index is 0.00000242. The van der Waals surface area contributed by atoms with E-state index < -0.39 is 6.04 Å². The third-order valence-electron chi connectivity index (χ3n) is 3.28. The Labute approximate surface area is 135 Å². The maximum Gasteiger partial charge on any atom is 0.244 e. The summed E-state index contributed by atoms with van der Waals surface area (Å²) in [4.78, 5) is 14.1. The maximum absolute atomic E-state index is 13.2. The number of carbonyl (C=O) groups excluding carboxylic acids is 1. The monoisotopic (exact) mass is 326 g/mol. The molecule has 2 aromatic rings. The first-order valence-electron chi connectivity index (χ1n) is 6.66. The van der Waals surface area contributed by atoms with Gasteiger partial charge in [0, 0.05) is 32.4 Å². The first-order valence-corrected chi connectivity index (χ1v) is 6.66. The Morgan fingerprint density at radius 3 is 2.77 bits per heavy atom. The van der Waals surface area contributed by atoms with Crippen molar-refractivity contribution in [3.63, 3.8) is 0 Å². The molecule has 7 heteroatoms. The molecular weight excluding hydrogens is 307 g/mol. The SMILES string of the molecule is CNC(C(=O)N(C)Cc1cccc(F)c1)c1cnn(C)c1.Cl. The van der Waals surface area contributed by atoms with E-state index in [0.29, 0.717) is 6.54 Å². The largest absolute Gasteiger partial charge is 0.340 e. The Bertz CT molecular complexity index is 632. The van der Waals surface area contributed by atoms with Crippen molar-refractivity contribution >= 4 is 18.3 Å². The molecule has 1 N–H and O–H groups in total. The van der Waals surface area contributed by atoms with Gasteiger partial charge in [0.25, 0.3) is 0 Å². The van der Waals surface area contributed by atoms with Gasteiger partial charge in [-0.05, 0) is 24.7 Å². The van der Waals surface area contributed by atoms with Crippen LogP contribution in [0.15, 0.2) is 36.7 Å². The highest BCUT2D eigenvalue weighted by molar-refractivity contribution is 5.85. The van der Waals surface area contributed by atoms with Crippen molar-refractivity contribution in [1.29, 1.82) is 0 Å². The van der Waals surface area contributed by atoms with Gasteiger partial charge in [-0.15, -0.1) is 12.4 Å². The summed E-state index contributed by atoms with van der Waals surface area (Å²) in [7, 11) is 5.23. The molecule has 0 spiro atoms. The molecule has 5 nitrogen and oxygen atoms in total. The molecule has 1 aromatic carbocycles. The number of amides is 1. The van der Waals surface area contributed by atoms with E-state index >= 15 is 0 Å². The van der Waals surface area contributed by atoms with E-state index in [1.807, 2.05) is 0 Å². The number of hydrogen-bond acceptors (Lipinski definition) is 3. The summed E-state index contributed by atoms with van der Waals surface area (Å²) < 4.78 is 14.8. The molecule has 0 bridgehead atoms. The maximum atomic E-state index is 13.2. The van der Waals surface area contributed by atoms with Gasteiger partial charge in [0.15, 0.2) is 0 Å². The minimum atomic E-state index is -0.461. The molecule has 0 saturated carbocycles. The van der Waals surface area contributed by atoms with E-state index in [9.17, 15) is 9.18 Å². The quantitative estimate of drug-likeness (QED) is 0.913. The lowest BCUT2D eigenvalue weighted by Crippen LogP contribution is -2.37. The lowest BCUT2D eigenvalue weighted by atomic mass is 10.1. The molecule has 1 heterocycles. The average Bonchev–Trinajstić information content (AvgIpc) is 2.86. The summed E-state index contributed by atoms with van der Waals surface area (Å²) in [5.74, 6) is -0.388. The summed E-state index contributed by atoms with van der Waals surface area (Å²) in [6.45, 7) is 0.356. The summed E-state index contributed by atoms with van der Waals surface area (Å²) in [5.41, 5.74) is 1.56. The van der Waals surface area contributed by atoms with Crippen LogP contribution in [0.3, 0.4) is 0 Å². The normalized spacial score (nSPS) is 11.6. The number of nitrogens with zero attached hydrogens (tertiary/aromatic N) is 3. The topological polar surface area (TPSA) is 50.2 Å². The number of aromatic nitrogens is 2. The molecule has 22 heavy (non-hydrogen) atoms. The highest BCUT2D eigenvalue weighted by atomic mass is 35.5. The third kappa shape index (κ3) is 4.29. The van der Waals surface area contributed by atoms with Gasteiger partial charge in [0.1, 0.15) is 11.9 Å². The first-order chi connectivity index (χ1) is 10.0.